The van der Waals surface area contributed by atoms with Crippen LogP contribution in [0.15, 0.2) is 12.4 Å². The summed E-state index contributed by atoms with van der Waals surface area (Å²) in [6.45, 7) is 2.33. The van der Waals surface area contributed by atoms with Crippen molar-refractivity contribution in [3.63, 3.8) is 0 Å². The lowest BCUT2D eigenvalue weighted by atomic mass is 10.4. The van der Waals surface area contributed by atoms with Gasteiger partial charge >= 0.3 is 5.97 Å². The molecule has 0 saturated heterocycles. The van der Waals surface area contributed by atoms with Crippen LogP contribution in [0.3, 0.4) is 0 Å². The summed E-state index contributed by atoms with van der Waals surface area (Å²) >= 11 is 0. The van der Waals surface area contributed by atoms with E-state index in [1.54, 1.807) is 0 Å². The Labute approximate surface area is 80.5 Å². The Kier molecular flexibility index (Phi) is 3.22. The van der Waals surface area contributed by atoms with Gasteiger partial charge in [-0.15, -0.1) is 0 Å². The van der Waals surface area contributed by atoms with Crippen LogP contribution < -0.4 is 5.32 Å². The van der Waals surface area contributed by atoms with Crippen LogP contribution in [0.4, 0.5) is 0 Å². The van der Waals surface area contributed by atoms with Crippen molar-refractivity contribution in [3.05, 3.63) is 18.0 Å². The quantitative estimate of drug-likeness (QED) is 0.695. The molecule has 1 heterocycles. The molecule has 0 aliphatic carbocycles. The van der Waals surface area contributed by atoms with Crippen LogP contribution in [0.5, 0.6) is 0 Å². The first-order chi connectivity index (χ1) is 6.59. The molecule has 76 valence electrons. The number of carbonyl (C=O) groups excluding carboxylic acids is 1. The Morgan fingerprint density at radius 1 is 1.64 bits per heavy atom. The molecule has 0 aromatic carbocycles. The van der Waals surface area contributed by atoms with Gasteiger partial charge in [0.05, 0.1) is 18.3 Å². The third-order valence-electron chi connectivity index (χ3n) is 1.60. The minimum atomic E-state index is -1.00. The molecule has 0 spiro atoms. The predicted octanol–water partition coefficient (Wildman–Crippen LogP) is -0.283. The maximum atomic E-state index is 10.5. The summed E-state index contributed by atoms with van der Waals surface area (Å²) < 4.78 is 1.47. The fraction of sp³-hybridized carbons (Fsp3) is 0.375. The van der Waals surface area contributed by atoms with E-state index in [-0.39, 0.29) is 11.5 Å². The number of hydrogen-bond donors (Lipinski definition) is 2. The lowest BCUT2D eigenvalue weighted by Crippen LogP contribution is -2.24. The average Bonchev–Trinajstić information content (AvgIpc) is 2.52. The molecule has 0 unspecified atom stereocenters. The normalized spacial score (nSPS) is 9.79. The predicted molar refractivity (Wildman–Crippen MR) is 47.9 cm³/mol. The highest BCUT2D eigenvalue weighted by Crippen LogP contribution is 1.96. The van der Waals surface area contributed by atoms with E-state index in [2.05, 4.69) is 10.4 Å². The van der Waals surface area contributed by atoms with Gasteiger partial charge < -0.3 is 10.4 Å². The van der Waals surface area contributed by atoms with Crippen LogP contribution in [-0.2, 0) is 11.3 Å². The third kappa shape index (κ3) is 2.89. The highest BCUT2D eigenvalue weighted by molar-refractivity contribution is 5.86. The van der Waals surface area contributed by atoms with Crippen molar-refractivity contribution >= 4 is 11.9 Å². The molecule has 6 heteroatoms. The number of nitrogens with zero attached hydrogens (tertiary/aromatic N) is 2. The van der Waals surface area contributed by atoms with Crippen molar-refractivity contribution in [2.45, 2.75) is 13.5 Å². The minimum absolute atomic E-state index is 0.115. The van der Waals surface area contributed by atoms with Gasteiger partial charge in [-0.25, -0.2) is 4.79 Å². The monoisotopic (exact) mass is 197 g/mol. The van der Waals surface area contributed by atoms with E-state index >= 15 is 0 Å². The Morgan fingerprint density at radius 2 is 2.36 bits per heavy atom. The molecule has 1 aromatic heterocycles. The molecule has 14 heavy (non-hydrogen) atoms. The summed E-state index contributed by atoms with van der Waals surface area (Å²) in [6.07, 6.45) is 2.69. The molecule has 2 N–H and O–H groups in total. The van der Waals surface area contributed by atoms with Crippen molar-refractivity contribution in [1.82, 2.24) is 15.1 Å². The van der Waals surface area contributed by atoms with Crippen LogP contribution in [0.25, 0.3) is 0 Å². The van der Waals surface area contributed by atoms with Crippen molar-refractivity contribution in [1.29, 1.82) is 0 Å². The second kappa shape index (κ2) is 4.40. The van der Waals surface area contributed by atoms with E-state index in [1.165, 1.54) is 24.0 Å². The van der Waals surface area contributed by atoms with Gasteiger partial charge in [-0.05, 0) is 0 Å². The minimum Gasteiger partial charge on any atom is -0.478 e. The first-order valence-corrected chi connectivity index (χ1v) is 4.10. The van der Waals surface area contributed by atoms with E-state index in [0.29, 0.717) is 13.1 Å². The molecular weight excluding hydrogens is 186 g/mol. The van der Waals surface area contributed by atoms with Crippen LogP contribution in [0.1, 0.15) is 17.3 Å². The van der Waals surface area contributed by atoms with Crippen LogP contribution in [0.2, 0.25) is 0 Å². The van der Waals surface area contributed by atoms with Gasteiger partial charge in [0.1, 0.15) is 0 Å². The number of nitrogens with one attached hydrogen (secondary N) is 1. The fourth-order valence-corrected chi connectivity index (χ4v) is 0.943. The van der Waals surface area contributed by atoms with Crippen LogP contribution >= 0.6 is 0 Å². The van der Waals surface area contributed by atoms with E-state index in [4.69, 9.17) is 5.11 Å². The summed E-state index contributed by atoms with van der Waals surface area (Å²) in [6, 6.07) is 0. The molecule has 0 aliphatic heterocycles. The molecule has 6 nitrogen and oxygen atoms in total. The topological polar surface area (TPSA) is 84.2 Å². The number of carboxylic acid groups (broad SMARTS) is 1. The summed E-state index contributed by atoms with van der Waals surface area (Å²) in [5, 5.41) is 15.0. The SMILES string of the molecule is CC(=O)NCCn1cc(C(=O)O)cn1. The number of aromatic nitrogens is 2. The zero-order chi connectivity index (χ0) is 10.6. The lowest BCUT2D eigenvalue weighted by Gasteiger charge is -2.01. The first-order valence-electron chi connectivity index (χ1n) is 4.10. The summed E-state index contributed by atoms with van der Waals surface area (Å²) in [5.74, 6) is -1.12. The maximum Gasteiger partial charge on any atom is 0.338 e. The smallest absolute Gasteiger partial charge is 0.338 e. The highest BCUT2D eigenvalue weighted by Gasteiger charge is 2.05. The molecule has 0 saturated carbocycles. The van der Waals surface area contributed by atoms with Gasteiger partial charge in [-0.1, -0.05) is 0 Å². The second-order valence-electron chi connectivity index (χ2n) is 2.78. The Balaban J connectivity index is 2.44. The van der Waals surface area contributed by atoms with Gasteiger partial charge in [0.15, 0.2) is 0 Å². The Bertz CT molecular complexity index is 345. The van der Waals surface area contributed by atoms with Crippen molar-refractivity contribution in [3.8, 4) is 0 Å². The Hall–Kier alpha value is -1.85. The zero-order valence-corrected chi connectivity index (χ0v) is 7.73. The molecule has 0 atom stereocenters. The molecule has 0 radical (unpaired) electrons. The molecular formula is C8H11N3O3. The largest absolute Gasteiger partial charge is 0.478 e. The molecule has 1 rings (SSSR count). The number of aromatic carboxylic acids is 1. The molecule has 0 aliphatic rings. The van der Waals surface area contributed by atoms with Gasteiger partial charge in [0.25, 0.3) is 0 Å². The number of carboxylic acids is 1. The third-order valence-corrected chi connectivity index (χ3v) is 1.60. The number of amides is 1. The number of hydrogen-bond acceptors (Lipinski definition) is 3. The van der Waals surface area contributed by atoms with E-state index < -0.39 is 5.97 Å². The van der Waals surface area contributed by atoms with Crippen molar-refractivity contribution in [2.75, 3.05) is 6.54 Å². The standard InChI is InChI=1S/C8H11N3O3/c1-6(12)9-2-3-11-5-7(4-10-11)8(13)14/h4-5H,2-3H2,1H3,(H,9,12)(H,13,14). The lowest BCUT2D eigenvalue weighted by molar-refractivity contribution is -0.118. The molecule has 1 aromatic rings. The van der Waals surface area contributed by atoms with E-state index in [0.717, 1.165) is 0 Å². The van der Waals surface area contributed by atoms with Gasteiger partial charge in [0, 0.05) is 19.7 Å². The summed E-state index contributed by atoms with van der Waals surface area (Å²) in [5.41, 5.74) is 0.146. The van der Waals surface area contributed by atoms with Crippen LogP contribution in [0, 0.1) is 0 Å². The molecule has 0 fully saturated rings. The average molecular weight is 197 g/mol. The van der Waals surface area contributed by atoms with E-state index in [9.17, 15) is 9.59 Å². The first kappa shape index (κ1) is 10.2. The fourth-order valence-electron chi connectivity index (χ4n) is 0.943. The second-order valence-corrected chi connectivity index (χ2v) is 2.78. The maximum absolute atomic E-state index is 10.5. The number of rotatable bonds is 4. The summed E-state index contributed by atoms with van der Waals surface area (Å²) in [4.78, 5) is 21.0. The van der Waals surface area contributed by atoms with Crippen molar-refractivity contribution < 1.29 is 14.7 Å². The van der Waals surface area contributed by atoms with E-state index in [1.807, 2.05) is 0 Å². The summed E-state index contributed by atoms with van der Waals surface area (Å²) in [7, 11) is 0. The molecule has 0 bridgehead atoms. The van der Waals surface area contributed by atoms with Gasteiger partial charge in [-0.3, -0.25) is 9.48 Å². The Morgan fingerprint density at radius 3 is 2.86 bits per heavy atom. The van der Waals surface area contributed by atoms with Crippen LogP contribution in [-0.4, -0.2) is 33.3 Å². The van der Waals surface area contributed by atoms with Crippen molar-refractivity contribution in [2.24, 2.45) is 0 Å². The van der Waals surface area contributed by atoms with Gasteiger partial charge in [-0.2, -0.15) is 5.10 Å². The molecule has 1 amide bonds. The van der Waals surface area contributed by atoms with Gasteiger partial charge in [0.2, 0.25) is 5.91 Å². The zero-order valence-electron chi connectivity index (χ0n) is 7.73. The highest BCUT2D eigenvalue weighted by atomic mass is 16.4. The number of carbonyl (C=O) groups is 2.